The summed E-state index contributed by atoms with van der Waals surface area (Å²) in [7, 11) is 0. The number of hydrogen-bond donors (Lipinski definition) is 1. The van der Waals surface area contributed by atoms with Crippen LogP contribution in [0.3, 0.4) is 0 Å². The number of benzene rings is 1. The number of aromatic nitrogens is 3. The minimum atomic E-state index is -4.22. The van der Waals surface area contributed by atoms with Crippen LogP contribution < -0.4 is 10.2 Å². The van der Waals surface area contributed by atoms with Gasteiger partial charge in [-0.15, -0.1) is 5.10 Å². The Morgan fingerprint density at radius 2 is 1.86 bits per heavy atom. The molecule has 1 N–H and O–H groups in total. The fourth-order valence-electron chi connectivity index (χ4n) is 4.18. The van der Waals surface area contributed by atoms with Crippen molar-refractivity contribution in [1.29, 1.82) is 0 Å². The van der Waals surface area contributed by atoms with Gasteiger partial charge in [0.15, 0.2) is 5.65 Å². The quantitative estimate of drug-likeness (QED) is 0.562. The molecular weight excluding hydrogens is 473 g/mol. The van der Waals surface area contributed by atoms with Crippen LogP contribution in [0.4, 0.5) is 38.1 Å². The van der Waals surface area contributed by atoms with Gasteiger partial charge in [0, 0.05) is 43.4 Å². The van der Waals surface area contributed by atoms with Gasteiger partial charge in [-0.2, -0.15) is 13.2 Å². The normalized spacial score (nSPS) is 17.6. The first-order chi connectivity index (χ1) is 16.6. The number of fused-ring (bicyclic) bond motifs is 1. The van der Waals surface area contributed by atoms with Gasteiger partial charge < -0.3 is 15.1 Å². The molecule has 2 aliphatic rings. The summed E-state index contributed by atoms with van der Waals surface area (Å²) in [4.78, 5) is 21.1. The highest BCUT2D eigenvalue weighted by Crippen LogP contribution is 2.25. The Morgan fingerprint density at radius 3 is 2.54 bits per heavy atom. The van der Waals surface area contributed by atoms with E-state index in [-0.39, 0.29) is 31.9 Å². The molecule has 2 aliphatic heterocycles. The molecule has 2 saturated heterocycles. The lowest BCUT2D eigenvalue weighted by Gasteiger charge is -2.36. The van der Waals surface area contributed by atoms with Crippen LogP contribution >= 0.6 is 0 Å². The number of nitrogens with one attached hydrogen (secondary N) is 1. The first kappa shape index (κ1) is 23.3. The van der Waals surface area contributed by atoms with Crippen LogP contribution in [-0.4, -0.2) is 88.8 Å². The van der Waals surface area contributed by atoms with Crippen LogP contribution in [0.25, 0.3) is 16.7 Å². The fourth-order valence-corrected chi connectivity index (χ4v) is 4.18. The summed E-state index contributed by atoms with van der Waals surface area (Å²) >= 11 is 0. The van der Waals surface area contributed by atoms with Crippen molar-refractivity contribution in [3.63, 3.8) is 0 Å². The number of likely N-dealkylation sites (tertiary alicyclic amines) is 1. The van der Waals surface area contributed by atoms with E-state index in [9.17, 15) is 26.7 Å². The van der Waals surface area contributed by atoms with Gasteiger partial charge >= 0.3 is 12.2 Å². The molecule has 3 aromatic rings. The molecule has 4 heterocycles. The van der Waals surface area contributed by atoms with E-state index in [1.165, 1.54) is 32.7 Å². The van der Waals surface area contributed by atoms with Crippen molar-refractivity contribution in [3.05, 3.63) is 42.5 Å². The Labute approximate surface area is 196 Å². The first-order valence-electron chi connectivity index (χ1n) is 11.0. The number of alkyl halides is 4. The molecule has 5 rings (SSSR count). The highest BCUT2D eigenvalue weighted by molar-refractivity contribution is 5.90. The molecule has 0 bridgehead atoms. The molecule has 186 valence electrons. The molecule has 2 fully saturated rings. The highest BCUT2D eigenvalue weighted by atomic mass is 19.4. The van der Waals surface area contributed by atoms with E-state index in [2.05, 4.69) is 15.4 Å². The van der Waals surface area contributed by atoms with E-state index in [1.54, 1.807) is 12.4 Å². The molecule has 13 heteroatoms. The summed E-state index contributed by atoms with van der Waals surface area (Å²) in [5.41, 5.74) is 1.53. The Bertz CT molecular complexity index is 1230. The number of rotatable bonds is 4. The summed E-state index contributed by atoms with van der Waals surface area (Å²) in [5, 5.41) is 7.57. The van der Waals surface area contributed by atoms with E-state index < -0.39 is 30.7 Å². The summed E-state index contributed by atoms with van der Waals surface area (Å²) in [6.45, 7) is 0.534. The fraction of sp³-hybridized carbons (Fsp3) is 0.409. The molecule has 0 unspecified atom stereocenters. The SMILES string of the molecule is O=C(Nc1ccc(F)c(-n2cc3cc(N4CCN(CC(F)(F)F)CC4)cnc3n2)c1)N1CC(F)C1. The number of hydrogen-bond acceptors (Lipinski definition) is 5. The summed E-state index contributed by atoms with van der Waals surface area (Å²) in [6.07, 6.45) is -2.06. The molecule has 0 radical (unpaired) electrons. The van der Waals surface area contributed by atoms with E-state index in [4.69, 9.17) is 0 Å². The summed E-state index contributed by atoms with van der Waals surface area (Å²) < 4.78 is 66.8. The van der Waals surface area contributed by atoms with Crippen molar-refractivity contribution in [3.8, 4) is 5.69 Å². The van der Waals surface area contributed by atoms with Crippen molar-refractivity contribution in [2.24, 2.45) is 0 Å². The summed E-state index contributed by atoms with van der Waals surface area (Å²) in [6, 6.07) is 5.37. The minimum absolute atomic E-state index is 0.0236. The van der Waals surface area contributed by atoms with Gasteiger partial charge in [0.25, 0.3) is 0 Å². The Morgan fingerprint density at radius 1 is 1.11 bits per heavy atom. The number of carbonyl (C=O) groups excluding carboxylic acids is 1. The first-order valence-corrected chi connectivity index (χ1v) is 11.0. The summed E-state index contributed by atoms with van der Waals surface area (Å²) in [5.74, 6) is -0.565. The third-order valence-corrected chi connectivity index (χ3v) is 6.05. The molecule has 0 atom stereocenters. The van der Waals surface area contributed by atoms with Crippen molar-refractivity contribution >= 4 is 28.4 Å². The average molecular weight is 495 g/mol. The second-order valence-corrected chi connectivity index (χ2v) is 8.66. The van der Waals surface area contributed by atoms with Crippen LogP contribution in [0.15, 0.2) is 36.7 Å². The number of pyridine rings is 1. The molecule has 2 amide bonds. The highest BCUT2D eigenvalue weighted by Gasteiger charge is 2.32. The predicted molar refractivity (Wildman–Crippen MR) is 119 cm³/mol. The van der Waals surface area contributed by atoms with Crippen molar-refractivity contribution in [2.75, 3.05) is 56.0 Å². The monoisotopic (exact) mass is 495 g/mol. The Kier molecular flexibility index (Phi) is 5.95. The second kappa shape index (κ2) is 8.95. The molecule has 0 spiro atoms. The zero-order chi connectivity index (χ0) is 24.7. The molecule has 0 saturated carbocycles. The zero-order valence-electron chi connectivity index (χ0n) is 18.5. The smallest absolute Gasteiger partial charge is 0.368 e. The van der Waals surface area contributed by atoms with Crippen LogP contribution in [0.2, 0.25) is 0 Å². The largest absolute Gasteiger partial charge is 0.401 e. The molecule has 8 nitrogen and oxygen atoms in total. The Balaban J connectivity index is 1.31. The zero-order valence-corrected chi connectivity index (χ0v) is 18.5. The third-order valence-electron chi connectivity index (χ3n) is 6.05. The topological polar surface area (TPSA) is 69.5 Å². The number of carbonyl (C=O) groups is 1. The lowest BCUT2D eigenvalue weighted by atomic mass is 10.2. The number of halogens is 5. The van der Waals surface area contributed by atoms with Gasteiger partial charge in [-0.05, 0) is 24.3 Å². The number of amides is 2. The number of nitrogens with zero attached hydrogens (tertiary/aromatic N) is 6. The van der Waals surface area contributed by atoms with Crippen LogP contribution in [0.5, 0.6) is 0 Å². The van der Waals surface area contributed by atoms with Crippen molar-refractivity contribution < 1.29 is 26.7 Å². The van der Waals surface area contributed by atoms with E-state index in [0.29, 0.717) is 29.8 Å². The third kappa shape index (κ3) is 5.14. The Hall–Kier alpha value is -3.48. The van der Waals surface area contributed by atoms with Gasteiger partial charge in [-0.3, -0.25) is 4.90 Å². The van der Waals surface area contributed by atoms with Crippen molar-refractivity contribution in [1.82, 2.24) is 24.6 Å². The second-order valence-electron chi connectivity index (χ2n) is 8.66. The van der Waals surface area contributed by atoms with E-state index >= 15 is 0 Å². The molecule has 0 aliphatic carbocycles. The average Bonchev–Trinajstić information content (AvgIpc) is 3.21. The predicted octanol–water partition coefficient (Wildman–Crippen LogP) is 3.43. The molecular formula is C22H22F5N7O. The maximum absolute atomic E-state index is 14.6. The van der Waals surface area contributed by atoms with Crippen LogP contribution in [0, 0.1) is 5.82 Å². The van der Waals surface area contributed by atoms with Gasteiger partial charge in [0.05, 0.1) is 31.5 Å². The maximum Gasteiger partial charge on any atom is 0.401 e. The molecule has 1 aromatic carbocycles. The number of piperazine rings is 1. The number of urea groups is 1. The van der Waals surface area contributed by atoms with Gasteiger partial charge in [0.2, 0.25) is 0 Å². The van der Waals surface area contributed by atoms with E-state index in [0.717, 1.165) is 5.69 Å². The van der Waals surface area contributed by atoms with Gasteiger partial charge in [-0.1, -0.05) is 0 Å². The molecule has 35 heavy (non-hydrogen) atoms. The number of anilines is 2. The van der Waals surface area contributed by atoms with Crippen molar-refractivity contribution in [2.45, 2.75) is 12.3 Å². The van der Waals surface area contributed by atoms with Crippen LogP contribution in [-0.2, 0) is 0 Å². The van der Waals surface area contributed by atoms with Gasteiger partial charge in [-0.25, -0.2) is 23.2 Å². The van der Waals surface area contributed by atoms with Gasteiger partial charge in [0.1, 0.15) is 17.7 Å². The maximum atomic E-state index is 14.6. The standard InChI is InChI=1S/C22H22F5N7O/c23-15-11-33(12-15)21(35)29-16-1-2-18(24)19(8-16)34-10-14-7-17(9-28-20(14)30-34)32-5-3-31(4-6-32)13-22(25,26)27/h1-2,7-10,15H,3-6,11-13H2,(H,29,35). The molecule has 2 aromatic heterocycles. The minimum Gasteiger partial charge on any atom is -0.368 e. The van der Waals surface area contributed by atoms with E-state index in [1.807, 2.05) is 11.0 Å². The lowest BCUT2D eigenvalue weighted by Crippen LogP contribution is -2.53. The van der Waals surface area contributed by atoms with Crippen LogP contribution in [0.1, 0.15) is 0 Å². The lowest BCUT2D eigenvalue weighted by molar-refractivity contribution is -0.146.